The van der Waals surface area contributed by atoms with Crippen molar-refractivity contribution in [1.29, 1.82) is 5.26 Å². The first-order valence-electron chi connectivity index (χ1n) is 4.83. The lowest BCUT2D eigenvalue weighted by molar-refractivity contribution is 0.128. The van der Waals surface area contributed by atoms with Crippen molar-refractivity contribution in [3.05, 3.63) is 35.9 Å². The molecule has 0 N–H and O–H groups in total. The zero-order valence-electron chi connectivity index (χ0n) is 9.03. The molecule has 0 bridgehead atoms. The van der Waals surface area contributed by atoms with Gasteiger partial charge < -0.3 is 4.74 Å². The molecule has 1 heterocycles. The topological polar surface area (TPSA) is 65.7 Å². The molecule has 1 atom stereocenters. The van der Waals surface area contributed by atoms with E-state index in [-0.39, 0.29) is 0 Å². The quantitative estimate of drug-likeness (QED) is 0.761. The van der Waals surface area contributed by atoms with Gasteiger partial charge in [-0.1, -0.05) is 42.1 Å². The van der Waals surface area contributed by atoms with Crippen LogP contribution in [0.4, 0.5) is 4.79 Å². The Morgan fingerprint density at radius 3 is 2.82 bits per heavy atom. The highest BCUT2D eigenvalue weighted by molar-refractivity contribution is 8.15. The van der Waals surface area contributed by atoms with Crippen molar-refractivity contribution in [3.63, 3.8) is 0 Å². The Labute approximate surface area is 103 Å². The predicted molar refractivity (Wildman–Crippen MR) is 64.2 cm³/mol. The molecule has 1 aromatic carbocycles. The number of ether oxygens (including phenoxy) is 1. The second-order valence-corrected chi connectivity index (χ2v) is 4.25. The van der Waals surface area contributed by atoms with E-state index in [1.54, 1.807) is 0 Å². The standard InChI is InChI=1S/C11H9N3O2S/c1-16-11(15)14-9(7-12)17-10(13-14)8-5-3-2-4-6-8/h2-6,9H,1H3. The molecule has 0 saturated heterocycles. The fraction of sp³-hybridized carbons (Fsp3) is 0.182. The largest absolute Gasteiger partial charge is 0.451 e. The van der Waals surface area contributed by atoms with Crippen LogP contribution in [0.2, 0.25) is 0 Å². The van der Waals surface area contributed by atoms with Crippen LogP contribution in [0, 0.1) is 11.3 Å². The number of hydrogen-bond donors (Lipinski definition) is 0. The minimum atomic E-state index is -0.669. The number of hydrogen-bond acceptors (Lipinski definition) is 5. The monoisotopic (exact) mass is 247 g/mol. The van der Waals surface area contributed by atoms with Crippen molar-refractivity contribution < 1.29 is 9.53 Å². The van der Waals surface area contributed by atoms with Crippen LogP contribution in [0.1, 0.15) is 5.56 Å². The summed E-state index contributed by atoms with van der Waals surface area (Å²) in [7, 11) is 1.26. The lowest BCUT2D eigenvalue weighted by Gasteiger charge is -2.11. The Hall–Kier alpha value is -2.00. The normalized spacial score (nSPS) is 18.5. The summed E-state index contributed by atoms with van der Waals surface area (Å²) in [4.78, 5) is 11.4. The number of rotatable bonds is 1. The Balaban J connectivity index is 2.28. The minimum Gasteiger partial charge on any atom is -0.451 e. The summed E-state index contributed by atoms with van der Waals surface area (Å²) in [6, 6.07) is 11.4. The van der Waals surface area contributed by atoms with Gasteiger partial charge in [0.2, 0.25) is 0 Å². The highest BCUT2D eigenvalue weighted by Crippen LogP contribution is 2.29. The number of carbonyl (C=O) groups is 1. The number of amides is 1. The van der Waals surface area contributed by atoms with Crippen LogP contribution < -0.4 is 0 Å². The first-order valence-corrected chi connectivity index (χ1v) is 5.71. The molecule has 17 heavy (non-hydrogen) atoms. The summed E-state index contributed by atoms with van der Waals surface area (Å²) in [5, 5.41) is 14.1. The van der Waals surface area contributed by atoms with Gasteiger partial charge in [0.25, 0.3) is 0 Å². The van der Waals surface area contributed by atoms with Gasteiger partial charge in [0, 0.05) is 5.56 Å². The Kier molecular flexibility index (Phi) is 3.30. The van der Waals surface area contributed by atoms with Crippen molar-refractivity contribution >= 4 is 22.9 Å². The number of carbonyl (C=O) groups excluding carboxylic acids is 1. The van der Waals surface area contributed by atoms with Gasteiger partial charge in [-0.3, -0.25) is 0 Å². The van der Waals surface area contributed by atoms with Gasteiger partial charge in [-0.25, -0.2) is 4.79 Å². The van der Waals surface area contributed by atoms with Crippen molar-refractivity contribution in [2.24, 2.45) is 5.10 Å². The van der Waals surface area contributed by atoms with E-state index in [0.717, 1.165) is 10.6 Å². The van der Waals surface area contributed by atoms with E-state index in [1.807, 2.05) is 36.4 Å². The van der Waals surface area contributed by atoms with Crippen molar-refractivity contribution in [1.82, 2.24) is 5.01 Å². The molecule has 2 rings (SSSR count). The van der Waals surface area contributed by atoms with Crippen LogP contribution in [-0.4, -0.2) is 28.6 Å². The second kappa shape index (κ2) is 4.89. The third-order valence-electron chi connectivity index (χ3n) is 2.14. The number of hydrazone groups is 1. The molecular weight excluding hydrogens is 238 g/mol. The van der Waals surface area contributed by atoms with Crippen LogP contribution in [0.25, 0.3) is 0 Å². The SMILES string of the molecule is COC(=O)N1N=C(c2ccccc2)SC1C#N. The third kappa shape index (κ3) is 2.24. The van der Waals surface area contributed by atoms with E-state index in [0.29, 0.717) is 5.04 Å². The van der Waals surface area contributed by atoms with Crippen LogP contribution in [0.15, 0.2) is 35.4 Å². The second-order valence-electron chi connectivity index (χ2n) is 3.19. The van der Waals surface area contributed by atoms with Crippen molar-refractivity contribution in [2.45, 2.75) is 5.37 Å². The molecule has 1 unspecified atom stereocenters. The van der Waals surface area contributed by atoms with Gasteiger partial charge in [-0.05, 0) is 0 Å². The van der Waals surface area contributed by atoms with Crippen LogP contribution in [0.3, 0.4) is 0 Å². The zero-order chi connectivity index (χ0) is 12.3. The molecule has 1 aromatic rings. The van der Waals surface area contributed by atoms with Crippen LogP contribution in [-0.2, 0) is 4.74 Å². The summed E-state index contributed by atoms with van der Waals surface area (Å²) in [6.45, 7) is 0. The summed E-state index contributed by atoms with van der Waals surface area (Å²) >= 11 is 1.23. The van der Waals surface area contributed by atoms with Crippen LogP contribution >= 0.6 is 11.8 Å². The third-order valence-corrected chi connectivity index (χ3v) is 3.21. The summed E-state index contributed by atoms with van der Waals surface area (Å²) < 4.78 is 4.57. The summed E-state index contributed by atoms with van der Waals surface area (Å²) in [5.74, 6) is 0. The molecular formula is C11H9N3O2S. The lowest BCUT2D eigenvalue weighted by atomic mass is 10.2. The molecule has 0 radical (unpaired) electrons. The van der Waals surface area contributed by atoms with E-state index >= 15 is 0 Å². The minimum absolute atomic E-state index is 0.630. The Morgan fingerprint density at radius 2 is 2.24 bits per heavy atom. The van der Waals surface area contributed by atoms with E-state index in [2.05, 4.69) is 9.84 Å². The van der Waals surface area contributed by atoms with Crippen molar-refractivity contribution in [2.75, 3.05) is 7.11 Å². The maximum absolute atomic E-state index is 11.4. The average Bonchev–Trinajstić information content (AvgIpc) is 2.83. The Bertz CT molecular complexity index is 495. The maximum atomic E-state index is 11.4. The van der Waals surface area contributed by atoms with Gasteiger partial charge in [-0.15, -0.1) is 0 Å². The molecule has 1 aliphatic heterocycles. The first kappa shape index (κ1) is 11.5. The number of benzene rings is 1. The van der Waals surface area contributed by atoms with Gasteiger partial charge in [0.15, 0.2) is 5.37 Å². The summed E-state index contributed by atoms with van der Waals surface area (Å²) in [5.41, 5.74) is 0.879. The van der Waals surface area contributed by atoms with Gasteiger partial charge in [-0.2, -0.15) is 15.4 Å². The molecule has 0 fully saturated rings. The maximum Gasteiger partial charge on any atom is 0.432 e. The molecule has 6 heteroatoms. The highest BCUT2D eigenvalue weighted by atomic mass is 32.2. The molecule has 0 aliphatic carbocycles. The fourth-order valence-electron chi connectivity index (χ4n) is 1.35. The molecule has 86 valence electrons. The predicted octanol–water partition coefficient (Wildman–Crippen LogP) is 2.01. The molecule has 1 amide bonds. The summed E-state index contributed by atoms with van der Waals surface area (Å²) in [6.07, 6.45) is -0.630. The lowest BCUT2D eigenvalue weighted by Crippen LogP contribution is -2.29. The fourth-order valence-corrected chi connectivity index (χ4v) is 2.25. The molecule has 1 aliphatic rings. The average molecular weight is 247 g/mol. The first-order chi connectivity index (χ1) is 8.26. The van der Waals surface area contributed by atoms with Gasteiger partial charge >= 0.3 is 6.09 Å². The van der Waals surface area contributed by atoms with Crippen LogP contribution in [0.5, 0.6) is 0 Å². The number of nitrogens with zero attached hydrogens (tertiary/aromatic N) is 3. The van der Waals surface area contributed by atoms with E-state index < -0.39 is 11.5 Å². The van der Waals surface area contributed by atoms with Gasteiger partial charge in [0.05, 0.1) is 7.11 Å². The van der Waals surface area contributed by atoms with Gasteiger partial charge in [0.1, 0.15) is 11.1 Å². The molecule has 0 aromatic heterocycles. The van der Waals surface area contributed by atoms with E-state index in [1.165, 1.54) is 18.9 Å². The molecule has 0 saturated carbocycles. The van der Waals surface area contributed by atoms with E-state index in [4.69, 9.17) is 5.26 Å². The smallest absolute Gasteiger partial charge is 0.432 e. The Morgan fingerprint density at radius 1 is 1.53 bits per heavy atom. The molecule has 0 spiro atoms. The number of methoxy groups -OCH3 is 1. The van der Waals surface area contributed by atoms with Crippen molar-refractivity contribution in [3.8, 4) is 6.07 Å². The molecule has 5 nitrogen and oxygen atoms in total. The number of nitriles is 1. The van der Waals surface area contributed by atoms with E-state index in [9.17, 15) is 4.79 Å². The zero-order valence-corrected chi connectivity index (χ0v) is 9.85. The highest BCUT2D eigenvalue weighted by Gasteiger charge is 2.33. The number of thioether (sulfide) groups is 1.